The zero-order valence-electron chi connectivity index (χ0n) is 12.2. The van der Waals surface area contributed by atoms with Crippen molar-refractivity contribution in [1.82, 2.24) is 5.32 Å². The van der Waals surface area contributed by atoms with E-state index in [1.807, 2.05) is 18.2 Å². The fourth-order valence-corrected chi connectivity index (χ4v) is 2.42. The van der Waals surface area contributed by atoms with E-state index >= 15 is 0 Å². The van der Waals surface area contributed by atoms with Gasteiger partial charge in [0.2, 0.25) is 0 Å². The van der Waals surface area contributed by atoms with E-state index in [0.29, 0.717) is 13.1 Å². The summed E-state index contributed by atoms with van der Waals surface area (Å²) in [5.41, 5.74) is 4.53. The van der Waals surface area contributed by atoms with Crippen LogP contribution in [0, 0.1) is 0 Å². The first-order valence-electron chi connectivity index (χ1n) is 6.61. The summed E-state index contributed by atoms with van der Waals surface area (Å²) < 4.78 is 1.00. The highest BCUT2D eigenvalue weighted by molar-refractivity contribution is 9.10. The van der Waals surface area contributed by atoms with Crippen molar-refractivity contribution in [1.29, 1.82) is 0 Å². The van der Waals surface area contributed by atoms with E-state index in [-0.39, 0.29) is 0 Å². The SMILES string of the molecule is C=C/C=C(\C=C)C(O)CNCc1c(Br)cccc1[NH2+]OC. The Hall–Kier alpha value is -1.24. The first-order chi connectivity index (χ1) is 10.1. The van der Waals surface area contributed by atoms with Crippen LogP contribution >= 0.6 is 15.9 Å². The molecular weight excluding hydrogens is 332 g/mol. The van der Waals surface area contributed by atoms with Gasteiger partial charge in [0.25, 0.3) is 0 Å². The van der Waals surface area contributed by atoms with E-state index in [0.717, 1.165) is 21.3 Å². The van der Waals surface area contributed by atoms with Gasteiger partial charge in [0, 0.05) is 29.2 Å². The van der Waals surface area contributed by atoms with E-state index < -0.39 is 6.10 Å². The van der Waals surface area contributed by atoms with Crippen molar-refractivity contribution in [2.45, 2.75) is 12.6 Å². The van der Waals surface area contributed by atoms with Crippen molar-refractivity contribution in [3.05, 3.63) is 65.2 Å². The van der Waals surface area contributed by atoms with Crippen LogP contribution in [0.4, 0.5) is 5.69 Å². The molecule has 0 radical (unpaired) electrons. The molecular formula is C16H22BrN2O2+. The molecule has 21 heavy (non-hydrogen) atoms. The van der Waals surface area contributed by atoms with Gasteiger partial charge in [-0.25, -0.2) is 4.84 Å². The van der Waals surface area contributed by atoms with E-state index in [9.17, 15) is 5.11 Å². The van der Waals surface area contributed by atoms with E-state index in [1.54, 1.807) is 30.8 Å². The van der Waals surface area contributed by atoms with Crippen molar-refractivity contribution in [3.63, 3.8) is 0 Å². The maximum atomic E-state index is 10.1. The molecule has 0 saturated carbocycles. The average molecular weight is 354 g/mol. The third kappa shape index (κ3) is 5.57. The molecule has 0 amide bonds. The number of aliphatic hydroxyl groups excluding tert-OH is 1. The summed E-state index contributed by atoms with van der Waals surface area (Å²) in [4.78, 5) is 5.08. The summed E-state index contributed by atoms with van der Waals surface area (Å²) in [6, 6.07) is 5.91. The lowest BCUT2D eigenvalue weighted by molar-refractivity contribution is -0.830. The summed E-state index contributed by atoms with van der Waals surface area (Å²) in [6.07, 6.45) is 4.41. The number of quaternary nitrogens is 1. The number of halogens is 1. The minimum absolute atomic E-state index is 0.430. The molecule has 1 atom stereocenters. The van der Waals surface area contributed by atoms with Crippen LogP contribution in [0.1, 0.15) is 5.56 Å². The Morgan fingerprint density at radius 2 is 2.29 bits per heavy atom. The van der Waals surface area contributed by atoms with Gasteiger partial charge in [0.1, 0.15) is 0 Å². The predicted molar refractivity (Wildman–Crippen MR) is 88.9 cm³/mol. The second-order valence-corrected chi connectivity index (χ2v) is 5.27. The largest absolute Gasteiger partial charge is 0.387 e. The van der Waals surface area contributed by atoms with E-state index in [2.05, 4.69) is 34.4 Å². The quantitative estimate of drug-likeness (QED) is 0.361. The van der Waals surface area contributed by atoms with Crippen molar-refractivity contribution >= 4 is 21.6 Å². The zero-order valence-corrected chi connectivity index (χ0v) is 13.8. The van der Waals surface area contributed by atoms with Gasteiger partial charge in [-0.05, 0) is 11.6 Å². The lowest BCUT2D eigenvalue weighted by Gasteiger charge is -2.14. The lowest BCUT2D eigenvalue weighted by Crippen LogP contribution is -2.76. The average Bonchev–Trinajstić information content (AvgIpc) is 2.47. The maximum Gasteiger partial charge on any atom is 0.167 e. The van der Waals surface area contributed by atoms with E-state index in [4.69, 9.17) is 4.84 Å². The first kappa shape index (κ1) is 17.8. The van der Waals surface area contributed by atoms with Crippen LogP contribution in [0.15, 0.2) is 59.6 Å². The number of nitrogens with two attached hydrogens (primary N) is 1. The van der Waals surface area contributed by atoms with Gasteiger partial charge in [0.15, 0.2) is 5.69 Å². The first-order valence-corrected chi connectivity index (χ1v) is 7.40. The van der Waals surface area contributed by atoms with Crippen LogP contribution in [0.2, 0.25) is 0 Å². The summed E-state index contributed by atoms with van der Waals surface area (Å²) in [7, 11) is 1.62. The van der Waals surface area contributed by atoms with Gasteiger partial charge < -0.3 is 10.4 Å². The Labute approximate surface area is 134 Å². The molecule has 0 aromatic heterocycles. The van der Waals surface area contributed by atoms with Crippen LogP contribution in [-0.4, -0.2) is 24.9 Å². The monoisotopic (exact) mass is 353 g/mol. The molecule has 0 saturated heterocycles. The second-order valence-electron chi connectivity index (χ2n) is 4.41. The summed E-state index contributed by atoms with van der Waals surface area (Å²) in [5, 5.41) is 13.3. The number of hydrogen-bond donors (Lipinski definition) is 3. The number of benzene rings is 1. The van der Waals surface area contributed by atoms with Gasteiger partial charge in [-0.3, -0.25) is 0 Å². The van der Waals surface area contributed by atoms with Crippen molar-refractivity contribution in [3.8, 4) is 0 Å². The van der Waals surface area contributed by atoms with Gasteiger partial charge in [-0.2, -0.15) is 5.48 Å². The highest BCUT2D eigenvalue weighted by Gasteiger charge is 2.12. The predicted octanol–water partition coefficient (Wildman–Crippen LogP) is 1.95. The minimum atomic E-state index is -0.613. The molecule has 0 fully saturated rings. The maximum absolute atomic E-state index is 10.1. The standard InChI is InChI=1S/C16H21BrN2O2/c1-4-7-12(5-2)16(20)11-18-10-13-14(17)8-6-9-15(13)19-21-3/h4-9,16,18-20H,1-2,10-11H2,3H3/p+1/b12-7+. The van der Waals surface area contributed by atoms with Gasteiger partial charge in [-0.1, -0.05) is 53.4 Å². The molecule has 1 aromatic carbocycles. The number of aliphatic hydroxyl groups is 1. The van der Waals surface area contributed by atoms with Crippen LogP contribution in [0.25, 0.3) is 0 Å². The van der Waals surface area contributed by atoms with Gasteiger partial charge >= 0.3 is 0 Å². The smallest absolute Gasteiger partial charge is 0.167 e. The molecule has 4 N–H and O–H groups in total. The number of rotatable bonds is 9. The topological polar surface area (TPSA) is 58.1 Å². The number of allylic oxidation sites excluding steroid dienone is 2. The Morgan fingerprint density at radius 3 is 2.90 bits per heavy atom. The lowest BCUT2D eigenvalue weighted by atomic mass is 10.1. The van der Waals surface area contributed by atoms with Crippen molar-refractivity contribution < 1.29 is 15.4 Å². The molecule has 0 spiro atoms. The van der Waals surface area contributed by atoms with E-state index in [1.165, 1.54) is 0 Å². The number of hydrogen-bond acceptors (Lipinski definition) is 3. The Morgan fingerprint density at radius 1 is 1.52 bits per heavy atom. The molecule has 0 aliphatic carbocycles. The zero-order chi connectivity index (χ0) is 15.7. The van der Waals surface area contributed by atoms with Crippen molar-refractivity contribution in [2.75, 3.05) is 13.7 Å². The third-order valence-corrected chi connectivity index (χ3v) is 3.71. The Balaban J connectivity index is 2.66. The molecule has 1 rings (SSSR count). The Bertz CT molecular complexity index is 515. The molecule has 0 heterocycles. The summed E-state index contributed by atoms with van der Waals surface area (Å²) in [6.45, 7) is 8.36. The van der Waals surface area contributed by atoms with Gasteiger partial charge in [0.05, 0.1) is 13.2 Å². The number of nitrogens with one attached hydrogen (secondary N) is 1. The Kier molecular flexibility index (Phi) is 8.19. The third-order valence-electron chi connectivity index (χ3n) is 2.97. The highest BCUT2D eigenvalue weighted by atomic mass is 79.9. The molecule has 5 heteroatoms. The molecule has 1 unspecified atom stereocenters. The molecule has 0 aliphatic heterocycles. The summed E-state index contributed by atoms with van der Waals surface area (Å²) >= 11 is 3.53. The molecule has 114 valence electrons. The molecule has 0 aliphatic rings. The van der Waals surface area contributed by atoms with Crippen LogP contribution in [0.5, 0.6) is 0 Å². The normalized spacial score (nSPS) is 13.0. The van der Waals surface area contributed by atoms with Crippen LogP contribution in [0.3, 0.4) is 0 Å². The van der Waals surface area contributed by atoms with Crippen LogP contribution < -0.4 is 10.8 Å². The van der Waals surface area contributed by atoms with Crippen LogP contribution in [-0.2, 0) is 11.4 Å². The molecule has 0 bridgehead atoms. The second kappa shape index (κ2) is 9.65. The highest BCUT2D eigenvalue weighted by Crippen LogP contribution is 2.21. The fourth-order valence-electron chi connectivity index (χ4n) is 1.90. The summed E-state index contributed by atoms with van der Waals surface area (Å²) in [5.74, 6) is 0. The van der Waals surface area contributed by atoms with Gasteiger partial charge in [-0.15, -0.1) is 0 Å². The van der Waals surface area contributed by atoms with Crippen molar-refractivity contribution in [2.24, 2.45) is 0 Å². The molecule has 4 nitrogen and oxygen atoms in total. The fraction of sp³-hybridized carbons (Fsp3) is 0.250. The minimum Gasteiger partial charge on any atom is -0.387 e. The molecule has 1 aromatic rings.